The third kappa shape index (κ3) is 2.95. The highest BCUT2D eigenvalue weighted by Gasteiger charge is 2.28. The van der Waals surface area contributed by atoms with Gasteiger partial charge in [0.25, 0.3) is 5.91 Å². The summed E-state index contributed by atoms with van der Waals surface area (Å²) in [4.78, 5) is 14.7. The van der Waals surface area contributed by atoms with Crippen molar-refractivity contribution in [2.75, 3.05) is 13.1 Å². The molecule has 0 aliphatic carbocycles. The number of morpholine rings is 1. The van der Waals surface area contributed by atoms with E-state index in [1.54, 1.807) is 23.1 Å². The van der Waals surface area contributed by atoms with Crippen LogP contribution >= 0.6 is 11.6 Å². The minimum atomic E-state index is -0.102. The summed E-state index contributed by atoms with van der Waals surface area (Å²) in [6, 6.07) is 5.09. The summed E-state index contributed by atoms with van der Waals surface area (Å²) in [6.45, 7) is 5.00. The number of carbonyl (C=O) groups is 1. The van der Waals surface area contributed by atoms with E-state index >= 15 is 0 Å². The molecular formula is C14H16ClN5O2. The number of benzene rings is 1. The van der Waals surface area contributed by atoms with Crippen molar-refractivity contribution in [2.45, 2.75) is 26.1 Å². The number of hydrogen-bond donors (Lipinski definition) is 0. The quantitative estimate of drug-likeness (QED) is 0.839. The van der Waals surface area contributed by atoms with Crippen LogP contribution in [-0.4, -0.2) is 56.3 Å². The van der Waals surface area contributed by atoms with Crippen molar-refractivity contribution in [3.05, 3.63) is 35.1 Å². The van der Waals surface area contributed by atoms with Crippen LogP contribution in [0.4, 0.5) is 0 Å². The smallest absolute Gasteiger partial charge is 0.256 e. The highest BCUT2D eigenvalue weighted by molar-refractivity contribution is 6.31. The molecule has 22 heavy (non-hydrogen) atoms. The standard InChI is InChI=1S/C14H16ClN5O2/c1-9-6-19(7-10(2)22-9)14(21)12-5-11(15)3-4-13(12)20-8-16-17-18-20/h3-5,8-10H,6-7H2,1-2H3/t9-,10-/m1/s1. The van der Waals surface area contributed by atoms with E-state index < -0.39 is 0 Å². The van der Waals surface area contributed by atoms with E-state index in [0.717, 1.165) is 0 Å². The molecule has 1 amide bonds. The van der Waals surface area contributed by atoms with Crippen LogP contribution in [0.2, 0.25) is 5.02 Å². The van der Waals surface area contributed by atoms with Crippen LogP contribution in [0, 0.1) is 0 Å². The number of carbonyl (C=O) groups excluding carboxylic acids is 1. The maximum absolute atomic E-state index is 12.9. The van der Waals surface area contributed by atoms with E-state index in [4.69, 9.17) is 16.3 Å². The zero-order chi connectivity index (χ0) is 15.7. The predicted molar refractivity (Wildman–Crippen MR) is 80.1 cm³/mol. The van der Waals surface area contributed by atoms with Gasteiger partial charge in [-0.2, -0.15) is 4.68 Å². The fourth-order valence-corrected chi connectivity index (χ4v) is 2.84. The Morgan fingerprint density at radius 3 is 2.68 bits per heavy atom. The SMILES string of the molecule is C[C@@H]1CN(C(=O)c2cc(Cl)ccc2-n2cnnn2)C[C@@H](C)O1. The van der Waals surface area contributed by atoms with Gasteiger partial charge in [-0.15, -0.1) is 5.10 Å². The fraction of sp³-hybridized carbons (Fsp3) is 0.429. The monoisotopic (exact) mass is 321 g/mol. The van der Waals surface area contributed by atoms with Crippen LogP contribution in [-0.2, 0) is 4.74 Å². The second-order valence-electron chi connectivity index (χ2n) is 5.38. The number of ether oxygens (including phenoxy) is 1. The molecule has 1 saturated heterocycles. The van der Waals surface area contributed by atoms with Crippen LogP contribution in [0.5, 0.6) is 0 Å². The average Bonchev–Trinajstić information content (AvgIpc) is 2.99. The third-order valence-electron chi connectivity index (χ3n) is 3.49. The summed E-state index contributed by atoms with van der Waals surface area (Å²) >= 11 is 6.06. The Morgan fingerprint density at radius 2 is 2.05 bits per heavy atom. The van der Waals surface area contributed by atoms with E-state index in [2.05, 4.69) is 15.5 Å². The molecule has 1 aromatic carbocycles. The fourth-order valence-electron chi connectivity index (χ4n) is 2.67. The maximum atomic E-state index is 12.9. The Hall–Kier alpha value is -1.99. The van der Waals surface area contributed by atoms with E-state index in [-0.39, 0.29) is 18.1 Å². The molecule has 0 radical (unpaired) electrons. The molecule has 8 heteroatoms. The van der Waals surface area contributed by atoms with Gasteiger partial charge in [-0.3, -0.25) is 4.79 Å². The van der Waals surface area contributed by atoms with Crippen molar-refractivity contribution in [3.63, 3.8) is 0 Å². The molecule has 2 atom stereocenters. The summed E-state index contributed by atoms with van der Waals surface area (Å²) < 4.78 is 7.13. The van der Waals surface area contributed by atoms with Gasteiger partial charge in [0.15, 0.2) is 0 Å². The largest absolute Gasteiger partial charge is 0.372 e. The second kappa shape index (κ2) is 6.02. The molecule has 0 unspecified atom stereocenters. The van der Waals surface area contributed by atoms with Crippen molar-refractivity contribution in [1.82, 2.24) is 25.1 Å². The van der Waals surface area contributed by atoms with Gasteiger partial charge in [-0.1, -0.05) is 11.6 Å². The normalized spacial score (nSPS) is 21.9. The summed E-state index contributed by atoms with van der Waals surface area (Å²) in [6.07, 6.45) is 1.46. The molecule has 0 saturated carbocycles. The Bertz CT molecular complexity index is 666. The second-order valence-corrected chi connectivity index (χ2v) is 5.82. The molecule has 116 valence electrons. The molecule has 1 aromatic heterocycles. The van der Waals surface area contributed by atoms with Crippen LogP contribution in [0.3, 0.4) is 0 Å². The number of halogens is 1. The molecule has 2 heterocycles. The summed E-state index contributed by atoms with van der Waals surface area (Å²) in [5, 5.41) is 11.6. The first-order chi connectivity index (χ1) is 10.5. The Kier molecular flexibility index (Phi) is 4.08. The molecule has 0 N–H and O–H groups in total. The van der Waals surface area contributed by atoms with E-state index in [1.165, 1.54) is 11.0 Å². The zero-order valence-corrected chi connectivity index (χ0v) is 13.1. The lowest BCUT2D eigenvalue weighted by molar-refractivity contribution is -0.0586. The van der Waals surface area contributed by atoms with E-state index in [1.807, 2.05) is 13.8 Å². The molecule has 1 aliphatic rings. The van der Waals surface area contributed by atoms with Gasteiger partial charge in [0, 0.05) is 18.1 Å². The number of hydrogen-bond acceptors (Lipinski definition) is 5. The van der Waals surface area contributed by atoms with Gasteiger partial charge in [-0.05, 0) is 42.5 Å². The maximum Gasteiger partial charge on any atom is 0.256 e. The van der Waals surface area contributed by atoms with Crippen molar-refractivity contribution >= 4 is 17.5 Å². The molecule has 0 spiro atoms. The number of aromatic nitrogens is 4. The van der Waals surface area contributed by atoms with Crippen LogP contribution < -0.4 is 0 Å². The number of nitrogens with zero attached hydrogens (tertiary/aromatic N) is 5. The summed E-state index contributed by atoms with van der Waals surface area (Å²) in [5.41, 5.74) is 1.08. The Morgan fingerprint density at radius 1 is 1.32 bits per heavy atom. The summed E-state index contributed by atoms with van der Waals surface area (Å²) in [7, 11) is 0. The van der Waals surface area contributed by atoms with Crippen LogP contribution in [0.25, 0.3) is 5.69 Å². The third-order valence-corrected chi connectivity index (χ3v) is 3.73. The van der Waals surface area contributed by atoms with Gasteiger partial charge in [-0.25, -0.2) is 0 Å². The molecule has 7 nitrogen and oxygen atoms in total. The van der Waals surface area contributed by atoms with Crippen LogP contribution in [0.15, 0.2) is 24.5 Å². The molecule has 0 bridgehead atoms. The lowest BCUT2D eigenvalue weighted by Gasteiger charge is -2.35. The molecular weight excluding hydrogens is 306 g/mol. The first kappa shape index (κ1) is 14.9. The number of tetrazole rings is 1. The molecule has 1 fully saturated rings. The van der Waals surface area contributed by atoms with Gasteiger partial charge in [0.1, 0.15) is 6.33 Å². The summed E-state index contributed by atoms with van der Waals surface area (Å²) in [5.74, 6) is -0.102. The Labute approximate surface area is 132 Å². The lowest BCUT2D eigenvalue weighted by atomic mass is 10.1. The predicted octanol–water partition coefficient (Wildman–Crippen LogP) is 1.57. The van der Waals surface area contributed by atoms with Gasteiger partial charge >= 0.3 is 0 Å². The van der Waals surface area contributed by atoms with Gasteiger partial charge in [0.2, 0.25) is 0 Å². The number of rotatable bonds is 2. The average molecular weight is 322 g/mol. The highest BCUT2D eigenvalue weighted by Crippen LogP contribution is 2.22. The first-order valence-electron chi connectivity index (χ1n) is 7.02. The molecule has 1 aliphatic heterocycles. The van der Waals surface area contributed by atoms with E-state index in [0.29, 0.717) is 29.4 Å². The van der Waals surface area contributed by atoms with Crippen molar-refractivity contribution in [2.24, 2.45) is 0 Å². The highest BCUT2D eigenvalue weighted by atomic mass is 35.5. The molecule has 2 aromatic rings. The van der Waals surface area contributed by atoms with Gasteiger partial charge < -0.3 is 9.64 Å². The molecule has 3 rings (SSSR count). The Balaban J connectivity index is 1.96. The lowest BCUT2D eigenvalue weighted by Crippen LogP contribution is -2.48. The minimum Gasteiger partial charge on any atom is -0.372 e. The topological polar surface area (TPSA) is 73.1 Å². The van der Waals surface area contributed by atoms with Crippen molar-refractivity contribution in [3.8, 4) is 5.69 Å². The first-order valence-corrected chi connectivity index (χ1v) is 7.40. The van der Waals surface area contributed by atoms with Crippen molar-refractivity contribution in [1.29, 1.82) is 0 Å². The number of amides is 1. The zero-order valence-electron chi connectivity index (χ0n) is 12.3. The van der Waals surface area contributed by atoms with Crippen molar-refractivity contribution < 1.29 is 9.53 Å². The van der Waals surface area contributed by atoms with Crippen LogP contribution in [0.1, 0.15) is 24.2 Å². The van der Waals surface area contributed by atoms with Gasteiger partial charge in [0.05, 0.1) is 23.5 Å². The minimum absolute atomic E-state index is 0.00312. The van der Waals surface area contributed by atoms with E-state index in [9.17, 15) is 4.79 Å².